The minimum Gasteiger partial charge on any atom is -0.310 e. The molecule has 0 radical (unpaired) electrons. The third-order valence-electron chi connectivity index (χ3n) is 2.91. The van der Waals surface area contributed by atoms with Crippen molar-refractivity contribution in [3.63, 3.8) is 0 Å². The van der Waals surface area contributed by atoms with Crippen LogP contribution in [0.4, 0.5) is 0 Å². The molecule has 1 N–H and O–H groups in total. The number of nitrogens with zero attached hydrogens (tertiary/aromatic N) is 2. The van der Waals surface area contributed by atoms with Crippen molar-refractivity contribution in [2.45, 2.75) is 52.5 Å². The lowest BCUT2D eigenvalue weighted by atomic mass is 10.0. The van der Waals surface area contributed by atoms with Crippen LogP contribution in [0.2, 0.25) is 0 Å². The van der Waals surface area contributed by atoms with E-state index in [0.717, 1.165) is 12.2 Å². The Morgan fingerprint density at radius 3 is 2.62 bits per heavy atom. The fourth-order valence-corrected chi connectivity index (χ4v) is 2.05. The van der Waals surface area contributed by atoms with Gasteiger partial charge >= 0.3 is 0 Å². The summed E-state index contributed by atoms with van der Waals surface area (Å²) in [5, 5.41) is 8.05. The second-order valence-electron chi connectivity index (χ2n) is 4.49. The molecule has 1 atom stereocenters. The van der Waals surface area contributed by atoms with Crippen molar-refractivity contribution < 1.29 is 0 Å². The summed E-state index contributed by atoms with van der Waals surface area (Å²) in [6.45, 7) is 7.64. The lowest BCUT2D eigenvalue weighted by molar-refractivity contribution is 0.479. The van der Waals surface area contributed by atoms with Gasteiger partial charge in [0, 0.05) is 24.8 Å². The molecule has 1 aromatic rings. The van der Waals surface area contributed by atoms with Gasteiger partial charge in [0.2, 0.25) is 0 Å². The lowest BCUT2D eigenvalue weighted by Gasteiger charge is -2.17. The van der Waals surface area contributed by atoms with Gasteiger partial charge in [0.15, 0.2) is 0 Å². The van der Waals surface area contributed by atoms with E-state index in [1.165, 1.54) is 31.2 Å². The van der Waals surface area contributed by atoms with Crippen molar-refractivity contribution in [1.29, 1.82) is 0 Å². The molecule has 0 aromatic carbocycles. The minimum atomic E-state index is 0.480. The first-order valence-corrected chi connectivity index (χ1v) is 6.42. The Balaban J connectivity index is 2.70. The van der Waals surface area contributed by atoms with Crippen molar-refractivity contribution in [3.05, 3.63) is 17.5 Å². The van der Waals surface area contributed by atoms with Gasteiger partial charge in [0.25, 0.3) is 0 Å². The van der Waals surface area contributed by atoms with Gasteiger partial charge in [-0.2, -0.15) is 5.10 Å². The second-order valence-corrected chi connectivity index (χ2v) is 4.49. The molecular formula is C13H25N3. The number of aryl methyl sites for hydroxylation is 2. The van der Waals surface area contributed by atoms with Crippen molar-refractivity contribution in [1.82, 2.24) is 15.1 Å². The summed E-state index contributed by atoms with van der Waals surface area (Å²) in [6, 6.07) is 0.480. The molecule has 0 amide bonds. The molecule has 1 rings (SSSR count). The molecule has 0 fully saturated rings. The average molecular weight is 223 g/mol. The molecule has 1 heterocycles. The number of aromatic nitrogens is 2. The first-order chi connectivity index (χ1) is 7.69. The van der Waals surface area contributed by atoms with E-state index in [2.05, 4.69) is 37.4 Å². The Bertz CT molecular complexity index is 296. The van der Waals surface area contributed by atoms with Gasteiger partial charge in [-0.1, -0.05) is 26.7 Å². The monoisotopic (exact) mass is 223 g/mol. The van der Waals surface area contributed by atoms with E-state index >= 15 is 0 Å². The molecule has 0 bridgehead atoms. The Morgan fingerprint density at radius 1 is 1.38 bits per heavy atom. The Labute approximate surface area is 99.2 Å². The van der Waals surface area contributed by atoms with Crippen LogP contribution in [-0.4, -0.2) is 16.3 Å². The fourth-order valence-electron chi connectivity index (χ4n) is 2.05. The van der Waals surface area contributed by atoms with Crippen LogP contribution in [0.3, 0.4) is 0 Å². The maximum atomic E-state index is 4.42. The highest BCUT2D eigenvalue weighted by molar-refractivity contribution is 5.19. The molecule has 1 aromatic heterocycles. The number of unbranched alkanes of at least 4 members (excludes halogenated alkanes) is 1. The van der Waals surface area contributed by atoms with Crippen LogP contribution in [0.15, 0.2) is 6.20 Å². The van der Waals surface area contributed by atoms with Crippen LogP contribution in [0.25, 0.3) is 0 Å². The fraction of sp³-hybridized carbons (Fsp3) is 0.769. The van der Waals surface area contributed by atoms with Gasteiger partial charge < -0.3 is 5.32 Å². The van der Waals surface area contributed by atoms with Crippen LogP contribution < -0.4 is 5.32 Å². The molecule has 0 aliphatic rings. The highest BCUT2D eigenvalue weighted by Gasteiger charge is 2.14. The molecule has 3 heteroatoms. The predicted octanol–water partition coefficient (Wildman–Crippen LogP) is 2.96. The second kappa shape index (κ2) is 6.69. The molecule has 0 aliphatic heterocycles. The lowest BCUT2D eigenvalue weighted by Crippen LogP contribution is -2.22. The summed E-state index contributed by atoms with van der Waals surface area (Å²) >= 11 is 0. The van der Waals surface area contributed by atoms with Crippen molar-refractivity contribution >= 4 is 0 Å². The molecule has 0 spiro atoms. The van der Waals surface area contributed by atoms with Gasteiger partial charge in [-0.15, -0.1) is 0 Å². The quantitative estimate of drug-likeness (QED) is 0.770. The largest absolute Gasteiger partial charge is 0.310 e. The molecular weight excluding hydrogens is 198 g/mol. The summed E-state index contributed by atoms with van der Waals surface area (Å²) in [6.07, 6.45) is 7.07. The van der Waals surface area contributed by atoms with Crippen molar-refractivity contribution in [2.75, 3.05) is 6.54 Å². The van der Waals surface area contributed by atoms with Gasteiger partial charge in [-0.25, -0.2) is 0 Å². The average Bonchev–Trinajstić information content (AvgIpc) is 2.58. The molecule has 1 unspecified atom stereocenters. The van der Waals surface area contributed by atoms with Crippen LogP contribution in [0.5, 0.6) is 0 Å². The summed E-state index contributed by atoms with van der Waals surface area (Å²) in [5.41, 5.74) is 2.52. The van der Waals surface area contributed by atoms with Crippen LogP contribution in [-0.2, 0) is 7.05 Å². The van der Waals surface area contributed by atoms with E-state index in [1.807, 2.05) is 11.7 Å². The highest BCUT2D eigenvalue weighted by Crippen LogP contribution is 2.21. The molecule has 16 heavy (non-hydrogen) atoms. The minimum absolute atomic E-state index is 0.480. The van der Waals surface area contributed by atoms with E-state index in [1.54, 1.807) is 0 Å². The Hall–Kier alpha value is -0.830. The van der Waals surface area contributed by atoms with E-state index in [9.17, 15) is 0 Å². The van der Waals surface area contributed by atoms with Gasteiger partial charge in [0.05, 0.1) is 5.69 Å². The van der Waals surface area contributed by atoms with Crippen molar-refractivity contribution in [3.8, 4) is 0 Å². The van der Waals surface area contributed by atoms with Crippen LogP contribution in [0.1, 0.15) is 56.8 Å². The first kappa shape index (κ1) is 13.2. The maximum absolute atomic E-state index is 4.42. The normalized spacial score (nSPS) is 13.0. The summed E-state index contributed by atoms with van der Waals surface area (Å²) in [4.78, 5) is 0. The molecule has 92 valence electrons. The zero-order chi connectivity index (χ0) is 12.0. The Morgan fingerprint density at radius 2 is 2.12 bits per heavy atom. The first-order valence-electron chi connectivity index (χ1n) is 6.42. The standard InChI is InChI=1S/C13H25N3/c1-5-7-8-13(14-9-6-2)12-10-16(4)15-11(12)3/h10,13-14H,5-9H2,1-4H3. The third kappa shape index (κ3) is 3.63. The molecule has 0 saturated heterocycles. The van der Waals surface area contributed by atoms with Gasteiger partial charge in [-0.3, -0.25) is 4.68 Å². The van der Waals surface area contributed by atoms with Crippen molar-refractivity contribution in [2.24, 2.45) is 7.05 Å². The number of rotatable bonds is 7. The SMILES string of the molecule is CCCCC(NCCC)c1cn(C)nc1C. The zero-order valence-electron chi connectivity index (χ0n) is 11.1. The van der Waals surface area contributed by atoms with Gasteiger partial charge in [0.1, 0.15) is 0 Å². The predicted molar refractivity (Wildman–Crippen MR) is 68.5 cm³/mol. The maximum Gasteiger partial charge on any atom is 0.0641 e. The molecule has 0 saturated carbocycles. The molecule has 0 aliphatic carbocycles. The molecule has 3 nitrogen and oxygen atoms in total. The highest BCUT2D eigenvalue weighted by atomic mass is 15.3. The summed E-state index contributed by atoms with van der Waals surface area (Å²) < 4.78 is 1.91. The third-order valence-corrected chi connectivity index (χ3v) is 2.91. The van der Waals surface area contributed by atoms with Crippen LogP contribution in [0, 0.1) is 6.92 Å². The number of hydrogen-bond donors (Lipinski definition) is 1. The number of hydrogen-bond acceptors (Lipinski definition) is 2. The van der Waals surface area contributed by atoms with E-state index in [4.69, 9.17) is 0 Å². The van der Waals surface area contributed by atoms with E-state index in [0.29, 0.717) is 6.04 Å². The smallest absolute Gasteiger partial charge is 0.0641 e. The summed E-state index contributed by atoms with van der Waals surface area (Å²) in [5.74, 6) is 0. The van der Waals surface area contributed by atoms with Gasteiger partial charge in [-0.05, 0) is 26.3 Å². The van der Waals surface area contributed by atoms with E-state index < -0.39 is 0 Å². The summed E-state index contributed by atoms with van der Waals surface area (Å²) in [7, 11) is 1.99. The topological polar surface area (TPSA) is 29.9 Å². The zero-order valence-corrected chi connectivity index (χ0v) is 11.1. The Kier molecular flexibility index (Phi) is 5.53. The van der Waals surface area contributed by atoms with E-state index in [-0.39, 0.29) is 0 Å². The van der Waals surface area contributed by atoms with Crippen LogP contribution >= 0.6 is 0 Å². The number of nitrogens with one attached hydrogen (secondary N) is 1.